The Balaban J connectivity index is 1.80. The molecule has 1 heterocycles. The second-order valence-corrected chi connectivity index (χ2v) is 8.97. The summed E-state index contributed by atoms with van der Waals surface area (Å²) in [6.45, 7) is 8.03. The zero-order valence-corrected chi connectivity index (χ0v) is 15.9. The molecule has 0 aliphatic heterocycles. The summed E-state index contributed by atoms with van der Waals surface area (Å²) in [6, 6.07) is 6.07. The first-order chi connectivity index (χ1) is 11.4. The fourth-order valence-electron chi connectivity index (χ4n) is 1.63. The maximum Gasteiger partial charge on any atom is 0.233 e. The molecule has 8 heteroatoms. The van der Waals surface area contributed by atoms with Crippen LogP contribution in [0.4, 0.5) is 4.39 Å². The molecule has 2 aromatic rings. The fraction of sp³-hybridized carbons (Fsp3) is 0.312. The number of halogens is 1. The van der Waals surface area contributed by atoms with Crippen LogP contribution in [0.3, 0.4) is 0 Å². The Morgan fingerprint density at radius 2 is 2.00 bits per heavy atom. The van der Waals surface area contributed by atoms with E-state index in [1.807, 2.05) is 13.8 Å². The van der Waals surface area contributed by atoms with Crippen LogP contribution in [-0.4, -0.2) is 27.1 Å². The number of rotatable bonds is 8. The fourth-order valence-corrected chi connectivity index (χ4v) is 4.66. The predicted octanol–water partition coefficient (Wildman–Crippen LogP) is 4.14. The van der Waals surface area contributed by atoms with Gasteiger partial charge in [0.15, 0.2) is 8.68 Å². The van der Waals surface area contributed by atoms with Crippen LogP contribution >= 0.6 is 34.9 Å². The van der Waals surface area contributed by atoms with Gasteiger partial charge in [0, 0.05) is 12.3 Å². The Morgan fingerprint density at radius 3 is 2.67 bits per heavy atom. The van der Waals surface area contributed by atoms with E-state index in [4.69, 9.17) is 0 Å². The quantitative estimate of drug-likeness (QED) is 0.548. The normalized spacial score (nSPS) is 12.0. The van der Waals surface area contributed by atoms with Crippen molar-refractivity contribution in [1.82, 2.24) is 15.5 Å². The molecule has 1 N–H and O–H groups in total. The number of aromatic nitrogens is 2. The summed E-state index contributed by atoms with van der Waals surface area (Å²) in [5.41, 5.74) is 1.94. The van der Waals surface area contributed by atoms with Gasteiger partial charge in [0.25, 0.3) is 0 Å². The number of carbonyl (C=O) groups is 1. The first kappa shape index (κ1) is 19.0. The first-order valence-electron chi connectivity index (χ1n) is 7.23. The largest absolute Gasteiger partial charge is 0.351 e. The highest BCUT2D eigenvalue weighted by Crippen LogP contribution is 2.31. The number of nitrogens with one attached hydrogen (secondary N) is 1. The summed E-state index contributed by atoms with van der Waals surface area (Å²) < 4.78 is 14.5. The van der Waals surface area contributed by atoms with Crippen molar-refractivity contribution in [2.24, 2.45) is 0 Å². The van der Waals surface area contributed by atoms with Crippen molar-refractivity contribution in [1.29, 1.82) is 0 Å². The van der Waals surface area contributed by atoms with Crippen LogP contribution in [0.1, 0.15) is 19.4 Å². The lowest BCUT2D eigenvalue weighted by Crippen LogP contribution is -2.30. The highest BCUT2D eigenvalue weighted by molar-refractivity contribution is 8.04. The lowest BCUT2D eigenvalue weighted by molar-refractivity contribution is -0.120. The van der Waals surface area contributed by atoms with E-state index < -0.39 is 0 Å². The molecule has 0 aliphatic rings. The number of amides is 1. The van der Waals surface area contributed by atoms with Gasteiger partial charge in [-0.1, -0.05) is 59.1 Å². The summed E-state index contributed by atoms with van der Waals surface area (Å²) in [4.78, 5) is 12.1. The number of benzene rings is 1. The third-order valence-electron chi connectivity index (χ3n) is 2.86. The molecule has 0 saturated heterocycles. The van der Waals surface area contributed by atoms with E-state index in [0.29, 0.717) is 6.54 Å². The van der Waals surface area contributed by atoms with Gasteiger partial charge in [0.05, 0.1) is 5.25 Å². The molecule has 1 aromatic heterocycles. The molecule has 1 amide bonds. The molecule has 2 rings (SSSR count). The number of carbonyl (C=O) groups excluding carboxylic acids is 1. The molecule has 0 saturated carbocycles. The monoisotopic (exact) mass is 383 g/mol. The highest BCUT2D eigenvalue weighted by atomic mass is 32.2. The van der Waals surface area contributed by atoms with Crippen molar-refractivity contribution >= 4 is 40.8 Å². The van der Waals surface area contributed by atoms with E-state index in [1.165, 1.54) is 35.2 Å². The molecule has 0 aliphatic carbocycles. The van der Waals surface area contributed by atoms with E-state index in [9.17, 15) is 9.18 Å². The lowest BCUT2D eigenvalue weighted by atomic mass is 10.2. The minimum atomic E-state index is -0.286. The summed E-state index contributed by atoms with van der Waals surface area (Å²) in [5.74, 6) is 0.439. The number of hydrogen-bond acceptors (Lipinski definition) is 6. The van der Waals surface area contributed by atoms with Crippen LogP contribution in [0.5, 0.6) is 0 Å². The molecular weight excluding hydrogens is 365 g/mol. The maximum absolute atomic E-state index is 12.8. The number of hydrogen-bond donors (Lipinski definition) is 1. The van der Waals surface area contributed by atoms with Crippen molar-refractivity contribution < 1.29 is 9.18 Å². The average molecular weight is 384 g/mol. The van der Waals surface area contributed by atoms with Gasteiger partial charge in [-0.2, -0.15) is 0 Å². The molecule has 1 atom stereocenters. The number of nitrogens with zero attached hydrogens (tertiary/aromatic N) is 2. The van der Waals surface area contributed by atoms with Crippen LogP contribution in [0.15, 0.2) is 45.1 Å². The highest BCUT2D eigenvalue weighted by Gasteiger charge is 2.17. The van der Waals surface area contributed by atoms with E-state index in [0.717, 1.165) is 25.6 Å². The molecule has 0 bridgehead atoms. The molecule has 24 heavy (non-hydrogen) atoms. The summed E-state index contributed by atoms with van der Waals surface area (Å²) >= 11 is 4.45. The van der Waals surface area contributed by atoms with Crippen LogP contribution < -0.4 is 5.32 Å². The van der Waals surface area contributed by atoms with E-state index in [1.54, 1.807) is 23.9 Å². The molecule has 1 aromatic carbocycles. The summed E-state index contributed by atoms with van der Waals surface area (Å²) in [6.07, 6.45) is 0. The van der Waals surface area contributed by atoms with Crippen LogP contribution in [0.25, 0.3) is 0 Å². The Hall–Kier alpha value is -1.38. The summed E-state index contributed by atoms with van der Waals surface area (Å²) in [7, 11) is 0. The van der Waals surface area contributed by atoms with Gasteiger partial charge in [-0.25, -0.2) is 4.39 Å². The van der Waals surface area contributed by atoms with Gasteiger partial charge < -0.3 is 5.32 Å². The van der Waals surface area contributed by atoms with Crippen LogP contribution in [-0.2, 0) is 11.3 Å². The third-order valence-corrected chi connectivity index (χ3v) is 6.33. The topological polar surface area (TPSA) is 54.9 Å². The van der Waals surface area contributed by atoms with Gasteiger partial charge in [0.1, 0.15) is 5.82 Å². The minimum Gasteiger partial charge on any atom is -0.351 e. The van der Waals surface area contributed by atoms with Crippen molar-refractivity contribution in [3.05, 3.63) is 47.8 Å². The molecule has 0 spiro atoms. The predicted molar refractivity (Wildman–Crippen MR) is 99.0 cm³/mol. The molecule has 128 valence electrons. The SMILES string of the molecule is C=C(C)CSc1nnc(S[C@H](C)C(=O)NCc2ccc(F)cc2)s1. The zero-order chi connectivity index (χ0) is 17.5. The Kier molecular flexibility index (Phi) is 7.26. The van der Waals surface area contributed by atoms with Gasteiger partial charge in [0.2, 0.25) is 5.91 Å². The molecule has 0 unspecified atom stereocenters. The molecule has 4 nitrogen and oxygen atoms in total. The number of thioether (sulfide) groups is 2. The standard InChI is InChI=1S/C16H18FN3OS3/c1-10(2)9-22-15-19-20-16(24-15)23-11(3)14(21)18-8-12-4-6-13(17)7-5-12/h4-7,11H,1,8-9H2,2-3H3,(H,18,21)/t11-/m1/s1. The van der Waals surface area contributed by atoms with E-state index >= 15 is 0 Å². The van der Waals surface area contributed by atoms with Crippen LogP contribution in [0.2, 0.25) is 0 Å². The van der Waals surface area contributed by atoms with Crippen LogP contribution in [0, 0.1) is 5.82 Å². The molecule has 0 radical (unpaired) electrons. The van der Waals surface area contributed by atoms with Gasteiger partial charge in [-0.05, 0) is 31.5 Å². The van der Waals surface area contributed by atoms with E-state index in [2.05, 4.69) is 22.1 Å². The van der Waals surface area contributed by atoms with Crippen molar-refractivity contribution in [3.8, 4) is 0 Å². The van der Waals surface area contributed by atoms with Crippen molar-refractivity contribution in [3.63, 3.8) is 0 Å². The zero-order valence-electron chi connectivity index (χ0n) is 13.4. The second kappa shape index (κ2) is 9.19. The average Bonchev–Trinajstić information content (AvgIpc) is 2.99. The third kappa shape index (κ3) is 6.26. The smallest absolute Gasteiger partial charge is 0.233 e. The molecular formula is C16H18FN3OS3. The molecule has 0 fully saturated rings. The van der Waals surface area contributed by atoms with Gasteiger partial charge in [-0.3, -0.25) is 4.79 Å². The van der Waals surface area contributed by atoms with Crippen molar-refractivity contribution in [2.45, 2.75) is 34.3 Å². The Bertz CT molecular complexity index is 703. The van der Waals surface area contributed by atoms with Crippen molar-refractivity contribution in [2.75, 3.05) is 5.75 Å². The maximum atomic E-state index is 12.8. The lowest BCUT2D eigenvalue weighted by Gasteiger charge is -2.10. The van der Waals surface area contributed by atoms with Gasteiger partial charge in [-0.15, -0.1) is 10.2 Å². The second-order valence-electron chi connectivity index (χ2n) is 5.18. The summed E-state index contributed by atoms with van der Waals surface area (Å²) in [5, 5.41) is 10.8. The Labute approximate surface area is 153 Å². The first-order valence-corrected chi connectivity index (χ1v) is 9.91. The van der Waals surface area contributed by atoms with E-state index in [-0.39, 0.29) is 17.0 Å². The van der Waals surface area contributed by atoms with Gasteiger partial charge >= 0.3 is 0 Å². The minimum absolute atomic E-state index is 0.0873. The Morgan fingerprint density at radius 1 is 1.33 bits per heavy atom.